The summed E-state index contributed by atoms with van der Waals surface area (Å²) in [6, 6.07) is 0. The third-order valence-electron chi connectivity index (χ3n) is 3.21. The van der Waals surface area contributed by atoms with Crippen LogP contribution in [0.15, 0.2) is 0 Å². The van der Waals surface area contributed by atoms with Crippen molar-refractivity contribution in [2.75, 3.05) is 0 Å². The summed E-state index contributed by atoms with van der Waals surface area (Å²) in [4.78, 5) is 11.8. The second kappa shape index (κ2) is 4.06. The minimum absolute atomic E-state index is 0.271. The van der Waals surface area contributed by atoms with Gasteiger partial charge in [-0.25, -0.2) is 0 Å². The van der Waals surface area contributed by atoms with Crippen LogP contribution in [0.4, 0.5) is 0 Å². The van der Waals surface area contributed by atoms with Crippen LogP contribution >= 0.6 is 0 Å². The molecule has 0 bridgehead atoms. The van der Waals surface area contributed by atoms with Gasteiger partial charge in [0.15, 0.2) is 0 Å². The molecule has 0 radical (unpaired) electrons. The van der Waals surface area contributed by atoms with Gasteiger partial charge in [0.05, 0.1) is 0 Å². The molecule has 0 spiro atoms. The van der Waals surface area contributed by atoms with Gasteiger partial charge in [0.25, 0.3) is 0 Å². The van der Waals surface area contributed by atoms with E-state index in [-0.39, 0.29) is 5.92 Å². The van der Waals surface area contributed by atoms with Gasteiger partial charge in [-0.05, 0) is 18.8 Å². The summed E-state index contributed by atoms with van der Waals surface area (Å²) >= 11 is 0. The zero-order chi connectivity index (χ0) is 9.14. The second-order valence-corrected chi connectivity index (χ2v) is 4.42. The molecule has 0 heterocycles. The smallest absolute Gasteiger partial charge is 0.139 e. The van der Waals surface area contributed by atoms with Gasteiger partial charge in [0.1, 0.15) is 5.78 Å². The highest BCUT2D eigenvalue weighted by Crippen LogP contribution is 2.29. The molecule has 12 heavy (non-hydrogen) atoms. The SMILES string of the molecule is CC(C)C(C)C(=O)C1CCCC1. The Bertz CT molecular complexity index is 150. The molecular formula is C11H20O. The molecule has 70 valence electrons. The first-order chi connectivity index (χ1) is 5.63. The highest BCUT2D eigenvalue weighted by molar-refractivity contribution is 5.83. The molecule has 0 aliphatic heterocycles. The number of ketones is 1. The monoisotopic (exact) mass is 168 g/mol. The van der Waals surface area contributed by atoms with E-state index < -0.39 is 0 Å². The van der Waals surface area contributed by atoms with Crippen molar-refractivity contribution < 1.29 is 4.79 Å². The highest BCUT2D eigenvalue weighted by Gasteiger charge is 2.27. The van der Waals surface area contributed by atoms with E-state index in [1.807, 2.05) is 0 Å². The fourth-order valence-electron chi connectivity index (χ4n) is 1.91. The van der Waals surface area contributed by atoms with E-state index >= 15 is 0 Å². The minimum Gasteiger partial charge on any atom is -0.299 e. The van der Waals surface area contributed by atoms with Gasteiger partial charge < -0.3 is 0 Å². The third kappa shape index (κ3) is 2.09. The number of carbonyl (C=O) groups is 1. The van der Waals surface area contributed by atoms with Crippen LogP contribution in [0.2, 0.25) is 0 Å². The molecule has 1 nitrogen and oxygen atoms in total. The quantitative estimate of drug-likeness (QED) is 0.633. The zero-order valence-corrected chi connectivity index (χ0v) is 8.47. The first-order valence-corrected chi connectivity index (χ1v) is 5.16. The van der Waals surface area contributed by atoms with Crippen molar-refractivity contribution in [3.05, 3.63) is 0 Å². The molecule has 0 aromatic heterocycles. The van der Waals surface area contributed by atoms with Crippen LogP contribution in [0, 0.1) is 17.8 Å². The lowest BCUT2D eigenvalue weighted by atomic mass is 9.86. The Balaban J connectivity index is 2.45. The van der Waals surface area contributed by atoms with Crippen molar-refractivity contribution in [2.24, 2.45) is 17.8 Å². The Hall–Kier alpha value is -0.330. The lowest BCUT2D eigenvalue weighted by molar-refractivity contribution is -0.127. The molecule has 1 aliphatic rings. The van der Waals surface area contributed by atoms with Crippen LogP contribution in [0.3, 0.4) is 0 Å². The maximum atomic E-state index is 11.8. The van der Waals surface area contributed by atoms with Crippen LogP contribution in [0.5, 0.6) is 0 Å². The van der Waals surface area contributed by atoms with Crippen LogP contribution in [-0.4, -0.2) is 5.78 Å². The molecular weight excluding hydrogens is 148 g/mol. The Morgan fingerprint density at radius 3 is 2.08 bits per heavy atom. The summed E-state index contributed by atoms with van der Waals surface area (Å²) in [5, 5.41) is 0. The maximum absolute atomic E-state index is 11.8. The minimum atomic E-state index is 0.271. The summed E-state index contributed by atoms with van der Waals surface area (Å²) in [6.45, 7) is 6.35. The molecule has 1 heteroatoms. The van der Waals surface area contributed by atoms with Gasteiger partial charge in [-0.1, -0.05) is 33.6 Å². The average molecular weight is 168 g/mol. The lowest BCUT2D eigenvalue weighted by Crippen LogP contribution is -2.23. The predicted molar refractivity (Wildman–Crippen MR) is 51.0 cm³/mol. The third-order valence-corrected chi connectivity index (χ3v) is 3.21. The normalized spacial score (nSPS) is 21.7. The first kappa shape index (κ1) is 9.76. The first-order valence-electron chi connectivity index (χ1n) is 5.16. The van der Waals surface area contributed by atoms with Crippen LogP contribution in [-0.2, 0) is 4.79 Å². The maximum Gasteiger partial charge on any atom is 0.139 e. The Morgan fingerprint density at radius 1 is 1.17 bits per heavy atom. The second-order valence-electron chi connectivity index (χ2n) is 4.42. The summed E-state index contributed by atoms with van der Waals surface area (Å²) in [6.07, 6.45) is 4.83. The number of carbonyl (C=O) groups excluding carboxylic acids is 1. The molecule has 1 atom stereocenters. The Morgan fingerprint density at radius 2 is 1.67 bits per heavy atom. The Kier molecular flexibility index (Phi) is 3.30. The van der Waals surface area contributed by atoms with Gasteiger partial charge >= 0.3 is 0 Å². The topological polar surface area (TPSA) is 17.1 Å². The van der Waals surface area contributed by atoms with Gasteiger partial charge in [0.2, 0.25) is 0 Å². The van der Waals surface area contributed by atoms with E-state index in [0.717, 1.165) is 12.8 Å². The molecule has 0 N–H and O–H groups in total. The summed E-state index contributed by atoms with van der Waals surface area (Å²) in [5.74, 6) is 1.70. The number of rotatable bonds is 3. The van der Waals surface area contributed by atoms with E-state index in [1.54, 1.807) is 0 Å². The standard InChI is InChI=1S/C11H20O/c1-8(2)9(3)11(12)10-6-4-5-7-10/h8-10H,4-7H2,1-3H3. The molecule has 0 amide bonds. The highest BCUT2D eigenvalue weighted by atomic mass is 16.1. The van der Waals surface area contributed by atoms with Crippen molar-refractivity contribution in [1.82, 2.24) is 0 Å². The van der Waals surface area contributed by atoms with E-state index in [1.165, 1.54) is 12.8 Å². The van der Waals surface area contributed by atoms with E-state index in [2.05, 4.69) is 20.8 Å². The largest absolute Gasteiger partial charge is 0.299 e. The fraction of sp³-hybridized carbons (Fsp3) is 0.909. The Labute approximate surface area is 75.5 Å². The summed E-state index contributed by atoms with van der Waals surface area (Å²) in [5.41, 5.74) is 0. The van der Waals surface area contributed by atoms with Gasteiger partial charge in [-0.2, -0.15) is 0 Å². The number of hydrogen-bond donors (Lipinski definition) is 0. The molecule has 0 saturated heterocycles. The number of hydrogen-bond acceptors (Lipinski definition) is 1. The van der Waals surface area contributed by atoms with Crippen molar-refractivity contribution >= 4 is 5.78 Å². The molecule has 1 rings (SSSR count). The van der Waals surface area contributed by atoms with Crippen molar-refractivity contribution in [1.29, 1.82) is 0 Å². The average Bonchev–Trinajstić information content (AvgIpc) is 2.53. The fourth-order valence-corrected chi connectivity index (χ4v) is 1.91. The predicted octanol–water partition coefficient (Wildman–Crippen LogP) is 3.04. The van der Waals surface area contributed by atoms with Gasteiger partial charge in [-0.3, -0.25) is 4.79 Å². The lowest BCUT2D eigenvalue weighted by Gasteiger charge is -2.18. The van der Waals surface area contributed by atoms with Gasteiger partial charge in [0, 0.05) is 11.8 Å². The van der Waals surface area contributed by atoms with Crippen molar-refractivity contribution in [2.45, 2.75) is 46.5 Å². The van der Waals surface area contributed by atoms with Crippen LogP contribution < -0.4 is 0 Å². The van der Waals surface area contributed by atoms with Gasteiger partial charge in [-0.15, -0.1) is 0 Å². The van der Waals surface area contributed by atoms with Crippen molar-refractivity contribution in [3.8, 4) is 0 Å². The van der Waals surface area contributed by atoms with E-state index in [0.29, 0.717) is 17.6 Å². The summed E-state index contributed by atoms with van der Waals surface area (Å²) < 4.78 is 0. The van der Waals surface area contributed by atoms with Crippen LogP contribution in [0.25, 0.3) is 0 Å². The summed E-state index contributed by atoms with van der Waals surface area (Å²) in [7, 11) is 0. The number of Topliss-reactive ketones (excluding diaryl/α,β-unsaturated/α-hetero) is 1. The molecule has 0 aromatic rings. The van der Waals surface area contributed by atoms with Crippen LogP contribution in [0.1, 0.15) is 46.5 Å². The molecule has 0 aromatic carbocycles. The molecule has 1 unspecified atom stereocenters. The van der Waals surface area contributed by atoms with E-state index in [4.69, 9.17) is 0 Å². The molecule has 1 aliphatic carbocycles. The molecule has 1 fully saturated rings. The molecule has 1 saturated carbocycles. The zero-order valence-electron chi connectivity index (χ0n) is 8.47. The van der Waals surface area contributed by atoms with Crippen molar-refractivity contribution in [3.63, 3.8) is 0 Å². The van der Waals surface area contributed by atoms with E-state index in [9.17, 15) is 4.79 Å².